The zero-order chi connectivity index (χ0) is 9.97. The monoisotopic (exact) mass is 192 g/mol. The Balaban J connectivity index is 1.88. The molecule has 1 saturated carbocycles. The maximum Gasteiger partial charge on any atom is 0.115 e. The molecule has 2 N–H and O–H groups in total. The van der Waals surface area contributed by atoms with Crippen LogP contribution in [0.25, 0.3) is 0 Å². The molecule has 2 heteroatoms. The molecule has 0 radical (unpaired) electrons. The first-order chi connectivity index (χ1) is 6.74. The van der Waals surface area contributed by atoms with Crippen molar-refractivity contribution in [2.24, 2.45) is 5.92 Å². The summed E-state index contributed by atoms with van der Waals surface area (Å²) in [6.07, 6.45) is 3.87. The van der Waals surface area contributed by atoms with Gasteiger partial charge in [-0.25, -0.2) is 0 Å². The van der Waals surface area contributed by atoms with E-state index >= 15 is 0 Å². The van der Waals surface area contributed by atoms with Crippen LogP contribution >= 0.6 is 0 Å². The van der Waals surface area contributed by atoms with Gasteiger partial charge in [-0.15, -0.1) is 0 Å². The van der Waals surface area contributed by atoms with Gasteiger partial charge in [0, 0.05) is 0 Å². The van der Waals surface area contributed by atoms with E-state index in [9.17, 15) is 10.2 Å². The Labute approximate surface area is 84.2 Å². The molecule has 0 heterocycles. The molecule has 1 unspecified atom stereocenters. The lowest BCUT2D eigenvalue weighted by Gasteiger charge is -2.09. The Bertz CT molecular complexity index is 305. The minimum absolute atomic E-state index is 0.246. The number of benzene rings is 1. The Morgan fingerprint density at radius 3 is 2.79 bits per heavy atom. The average molecular weight is 192 g/mol. The smallest absolute Gasteiger partial charge is 0.115 e. The van der Waals surface area contributed by atoms with Gasteiger partial charge >= 0.3 is 0 Å². The summed E-state index contributed by atoms with van der Waals surface area (Å²) in [5, 5.41) is 19.0. The van der Waals surface area contributed by atoms with Crippen molar-refractivity contribution in [2.45, 2.75) is 31.8 Å². The molecule has 0 aromatic heterocycles. The fourth-order valence-electron chi connectivity index (χ4n) is 1.78. The van der Waals surface area contributed by atoms with E-state index in [2.05, 4.69) is 0 Å². The summed E-state index contributed by atoms with van der Waals surface area (Å²) in [6.45, 7) is 0. The highest BCUT2D eigenvalue weighted by Gasteiger charge is 2.24. The van der Waals surface area contributed by atoms with E-state index < -0.39 is 0 Å². The second-order valence-corrected chi connectivity index (χ2v) is 4.21. The van der Waals surface area contributed by atoms with Crippen LogP contribution in [0.1, 0.15) is 24.8 Å². The van der Waals surface area contributed by atoms with Gasteiger partial charge in [-0.05, 0) is 36.5 Å². The van der Waals surface area contributed by atoms with Gasteiger partial charge in [-0.1, -0.05) is 25.0 Å². The molecule has 1 aromatic carbocycles. The predicted molar refractivity (Wildman–Crippen MR) is 55.2 cm³/mol. The molecule has 1 aliphatic carbocycles. The molecule has 0 bridgehead atoms. The first-order valence-corrected chi connectivity index (χ1v) is 5.20. The molecule has 0 spiro atoms. The van der Waals surface area contributed by atoms with E-state index in [0.717, 1.165) is 17.9 Å². The van der Waals surface area contributed by atoms with Gasteiger partial charge < -0.3 is 10.2 Å². The third-order valence-electron chi connectivity index (χ3n) is 2.68. The fourth-order valence-corrected chi connectivity index (χ4v) is 1.78. The van der Waals surface area contributed by atoms with Crippen molar-refractivity contribution in [2.75, 3.05) is 0 Å². The summed E-state index contributed by atoms with van der Waals surface area (Å²) < 4.78 is 0. The Morgan fingerprint density at radius 2 is 2.14 bits per heavy atom. The Hall–Kier alpha value is -1.02. The van der Waals surface area contributed by atoms with Crippen molar-refractivity contribution in [1.82, 2.24) is 0 Å². The van der Waals surface area contributed by atoms with Crippen LogP contribution in [0, 0.1) is 5.92 Å². The zero-order valence-corrected chi connectivity index (χ0v) is 8.19. The number of aromatic hydroxyl groups is 1. The highest BCUT2D eigenvalue weighted by molar-refractivity contribution is 5.27. The summed E-state index contributed by atoms with van der Waals surface area (Å²) in [5.74, 6) is 1.03. The third-order valence-corrected chi connectivity index (χ3v) is 2.68. The lowest BCUT2D eigenvalue weighted by atomic mass is 10.0. The van der Waals surface area contributed by atoms with Crippen LogP contribution in [0.2, 0.25) is 0 Å². The maximum atomic E-state index is 9.72. The highest BCUT2D eigenvalue weighted by Crippen LogP contribution is 2.34. The Morgan fingerprint density at radius 1 is 1.36 bits per heavy atom. The Kier molecular flexibility index (Phi) is 2.73. The third kappa shape index (κ3) is 2.74. The lowest BCUT2D eigenvalue weighted by Crippen LogP contribution is -2.10. The van der Waals surface area contributed by atoms with Crippen LogP contribution in [0.3, 0.4) is 0 Å². The molecule has 1 aromatic rings. The maximum absolute atomic E-state index is 9.72. The van der Waals surface area contributed by atoms with E-state index in [-0.39, 0.29) is 11.9 Å². The van der Waals surface area contributed by atoms with Crippen molar-refractivity contribution in [1.29, 1.82) is 0 Å². The van der Waals surface area contributed by atoms with Gasteiger partial charge in [-0.2, -0.15) is 0 Å². The quantitative estimate of drug-likeness (QED) is 0.767. The van der Waals surface area contributed by atoms with Gasteiger partial charge in [-0.3, -0.25) is 0 Å². The fraction of sp³-hybridized carbons (Fsp3) is 0.500. The van der Waals surface area contributed by atoms with Crippen LogP contribution in [0.15, 0.2) is 24.3 Å². The van der Waals surface area contributed by atoms with Gasteiger partial charge in [0.05, 0.1) is 6.10 Å². The summed E-state index contributed by atoms with van der Waals surface area (Å²) in [5.41, 5.74) is 1.01. The first-order valence-electron chi connectivity index (χ1n) is 5.20. The van der Waals surface area contributed by atoms with E-state index in [4.69, 9.17) is 0 Å². The van der Waals surface area contributed by atoms with Crippen molar-refractivity contribution >= 4 is 0 Å². The van der Waals surface area contributed by atoms with Gasteiger partial charge in [0.15, 0.2) is 0 Å². The first kappa shape index (κ1) is 9.53. The van der Waals surface area contributed by atoms with E-state index in [0.29, 0.717) is 6.42 Å². The number of aliphatic hydroxyl groups is 1. The molecule has 1 atom stereocenters. The van der Waals surface area contributed by atoms with E-state index in [1.54, 1.807) is 12.1 Å². The van der Waals surface area contributed by atoms with Gasteiger partial charge in [0.1, 0.15) is 5.75 Å². The highest BCUT2D eigenvalue weighted by atomic mass is 16.3. The van der Waals surface area contributed by atoms with Crippen LogP contribution in [-0.4, -0.2) is 16.3 Å². The standard InChI is InChI=1S/C12H16O2/c13-11-3-1-2-10(7-11)8-12(14)6-9-4-5-9/h1-3,7,9,12-14H,4-6,8H2. The van der Waals surface area contributed by atoms with E-state index in [1.807, 2.05) is 12.1 Å². The number of hydrogen-bond acceptors (Lipinski definition) is 2. The molecule has 14 heavy (non-hydrogen) atoms. The van der Waals surface area contributed by atoms with Crippen LogP contribution < -0.4 is 0 Å². The lowest BCUT2D eigenvalue weighted by molar-refractivity contribution is 0.158. The number of hydrogen-bond donors (Lipinski definition) is 2. The molecule has 0 saturated heterocycles. The number of aliphatic hydroxyl groups excluding tert-OH is 1. The van der Waals surface area contributed by atoms with E-state index in [1.165, 1.54) is 12.8 Å². The molecular weight excluding hydrogens is 176 g/mol. The SMILES string of the molecule is Oc1cccc(CC(O)CC2CC2)c1. The largest absolute Gasteiger partial charge is 0.508 e. The van der Waals surface area contributed by atoms with Crippen LogP contribution in [0.5, 0.6) is 5.75 Å². The summed E-state index contributed by atoms with van der Waals surface area (Å²) in [7, 11) is 0. The number of rotatable bonds is 4. The van der Waals surface area contributed by atoms with Crippen molar-refractivity contribution in [3.63, 3.8) is 0 Å². The molecule has 0 aliphatic heterocycles. The number of phenolic OH excluding ortho intramolecular Hbond substituents is 1. The second-order valence-electron chi connectivity index (χ2n) is 4.21. The van der Waals surface area contributed by atoms with Crippen molar-refractivity contribution in [3.8, 4) is 5.75 Å². The molecular formula is C12H16O2. The minimum atomic E-state index is -0.246. The average Bonchev–Trinajstić information content (AvgIpc) is 2.87. The molecule has 76 valence electrons. The molecule has 2 nitrogen and oxygen atoms in total. The second kappa shape index (κ2) is 4.01. The van der Waals surface area contributed by atoms with Crippen molar-refractivity contribution in [3.05, 3.63) is 29.8 Å². The van der Waals surface area contributed by atoms with Crippen LogP contribution in [0.4, 0.5) is 0 Å². The predicted octanol–water partition coefficient (Wildman–Crippen LogP) is 2.10. The molecule has 1 fully saturated rings. The van der Waals surface area contributed by atoms with Gasteiger partial charge in [0.2, 0.25) is 0 Å². The minimum Gasteiger partial charge on any atom is -0.508 e. The zero-order valence-electron chi connectivity index (χ0n) is 8.19. The number of phenols is 1. The van der Waals surface area contributed by atoms with Gasteiger partial charge in [0.25, 0.3) is 0 Å². The summed E-state index contributed by atoms with van der Waals surface area (Å²) >= 11 is 0. The molecule has 2 rings (SSSR count). The normalized spacial score (nSPS) is 18.1. The summed E-state index contributed by atoms with van der Waals surface area (Å²) in [4.78, 5) is 0. The molecule has 0 amide bonds. The molecule has 1 aliphatic rings. The van der Waals surface area contributed by atoms with Crippen LogP contribution in [-0.2, 0) is 6.42 Å². The summed E-state index contributed by atoms with van der Waals surface area (Å²) in [6, 6.07) is 7.12. The van der Waals surface area contributed by atoms with Crippen molar-refractivity contribution < 1.29 is 10.2 Å². The topological polar surface area (TPSA) is 40.5 Å².